The van der Waals surface area contributed by atoms with Crippen molar-refractivity contribution in [2.45, 2.75) is 52.4 Å². The second kappa shape index (κ2) is 13.7. The zero-order valence-corrected chi connectivity index (χ0v) is 32.5. The third-order valence-corrected chi connectivity index (χ3v) is 9.31. The fraction of sp³-hybridized carbons (Fsp3) is 0.174. The summed E-state index contributed by atoms with van der Waals surface area (Å²) in [6, 6.07) is 48.9. The first-order valence-corrected chi connectivity index (χ1v) is 17.4. The van der Waals surface area contributed by atoms with Gasteiger partial charge >= 0.3 is 0 Å². The van der Waals surface area contributed by atoms with Gasteiger partial charge < -0.3 is 13.9 Å². The summed E-state index contributed by atoms with van der Waals surface area (Å²) in [7, 11) is 0. The van der Waals surface area contributed by atoms with Crippen LogP contribution in [0.3, 0.4) is 0 Å². The minimum atomic E-state index is -0.136. The van der Waals surface area contributed by atoms with Gasteiger partial charge in [-0.3, -0.25) is 4.57 Å². The second-order valence-corrected chi connectivity index (χ2v) is 15.1. The van der Waals surface area contributed by atoms with E-state index in [1.165, 1.54) is 11.1 Å². The van der Waals surface area contributed by atoms with Crippen LogP contribution in [0.25, 0.3) is 50.1 Å². The molecular weight excluding hydrogens is 820 g/mol. The Kier molecular flexibility index (Phi) is 9.27. The van der Waals surface area contributed by atoms with E-state index in [-0.39, 0.29) is 31.9 Å². The first-order chi connectivity index (χ1) is 24.5. The molecule has 8 aromatic rings. The fourth-order valence-electron chi connectivity index (χ4n) is 6.61. The van der Waals surface area contributed by atoms with E-state index in [2.05, 4.69) is 166 Å². The van der Waals surface area contributed by atoms with Crippen LogP contribution in [0.15, 0.2) is 134 Å². The molecule has 5 aromatic carbocycles. The molecule has 0 radical (unpaired) electrons. The van der Waals surface area contributed by atoms with Gasteiger partial charge in [0.15, 0.2) is 0 Å². The molecular formula is C46H40N4OPt-2. The Labute approximate surface area is 320 Å². The van der Waals surface area contributed by atoms with Crippen molar-refractivity contribution in [3.63, 3.8) is 0 Å². The fourth-order valence-corrected chi connectivity index (χ4v) is 6.61. The second-order valence-electron chi connectivity index (χ2n) is 15.1. The molecule has 0 bridgehead atoms. The molecule has 0 aliphatic heterocycles. The predicted molar refractivity (Wildman–Crippen MR) is 205 cm³/mol. The standard InChI is InChI=1S/C46H40N4O.Pt/c1-45(2,3)34-24-25-47-44(27-34)50-41-21-11-10-20-39(41)40-23-22-38(29-42(40)50)51-37-19-13-17-35(28-37)48-30-43(46(4,5)6)49(31-48)36-18-12-16-33(26-36)32-14-8-7-9-15-32;/h7-27,30H,1-6H3;/q-2;. The number of nitrogens with zero attached hydrogens (tertiary/aromatic N) is 4. The van der Waals surface area contributed by atoms with Gasteiger partial charge in [0, 0.05) is 50.5 Å². The predicted octanol–water partition coefficient (Wildman–Crippen LogP) is 10.7. The van der Waals surface area contributed by atoms with E-state index in [0.717, 1.165) is 50.3 Å². The van der Waals surface area contributed by atoms with E-state index in [1.54, 1.807) is 0 Å². The smallest absolute Gasteiger partial charge is 0.267 e. The van der Waals surface area contributed by atoms with Crippen molar-refractivity contribution in [2.24, 2.45) is 0 Å². The Balaban J connectivity index is 0.00000420. The van der Waals surface area contributed by atoms with E-state index < -0.39 is 0 Å². The molecule has 0 amide bonds. The minimum absolute atomic E-state index is 0. The SMILES string of the molecule is CC(C)(C)c1ccnc(-n2c3[c-]c(Oc4[c-]c(-n5[c-][n+](-c6cccc(-c7ccccc7)c6)c(C(C)(C)C)c5)ccc4)ccc3c3ccccc32)c1.[Pt]. The summed E-state index contributed by atoms with van der Waals surface area (Å²) in [6.07, 6.45) is 7.63. The van der Waals surface area contributed by atoms with E-state index in [9.17, 15) is 0 Å². The topological polar surface area (TPSA) is 35.9 Å². The molecule has 0 N–H and O–H groups in total. The van der Waals surface area contributed by atoms with Gasteiger partial charge in [0.25, 0.3) is 6.33 Å². The maximum atomic E-state index is 6.49. The Hall–Kier alpha value is -5.25. The van der Waals surface area contributed by atoms with Gasteiger partial charge in [0.2, 0.25) is 0 Å². The van der Waals surface area contributed by atoms with Crippen LogP contribution in [0.5, 0.6) is 11.5 Å². The van der Waals surface area contributed by atoms with Gasteiger partial charge in [-0.15, -0.1) is 29.7 Å². The number of imidazole rings is 1. The third kappa shape index (κ3) is 6.74. The summed E-state index contributed by atoms with van der Waals surface area (Å²) >= 11 is 0. The Morgan fingerprint density at radius 1 is 0.654 bits per heavy atom. The Morgan fingerprint density at radius 2 is 1.38 bits per heavy atom. The summed E-state index contributed by atoms with van der Waals surface area (Å²) in [4.78, 5) is 4.81. The van der Waals surface area contributed by atoms with E-state index in [0.29, 0.717) is 11.5 Å². The molecule has 0 spiro atoms. The van der Waals surface area contributed by atoms with Gasteiger partial charge in [0.1, 0.15) is 5.82 Å². The van der Waals surface area contributed by atoms with Crippen molar-refractivity contribution in [3.8, 4) is 39.8 Å². The normalized spacial score (nSPS) is 11.9. The zero-order valence-electron chi connectivity index (χ0n) is 30.2. The van der Waals surface area contributed by atoms with Crippen molar-refractivity contribution in [1.29, 1.82) is 0 Å². The summed E-state index contributed by atoms with van der Waals surface area (Å²) < 4.78 is 12.8. The van der Waals surface area contributed by atoms with Crippen LogP contribution in [-0.4, -0.2) is 14.1 Å². The summed E-state index contributed by atoms with van der Waals surface area (Å²) in [5.74, 6) is 2.05. The molecule has 262 valence electrons. The average molecular weight is 860 g/mol. The molecule has 0 saturated carbocycles. The van der Waals surface area contributed by atoms with Crippen molar-refractivity contribution < 1.29 is 30.4 Å². The van der Waals surface area contributed by atoms with E-state index in [4.69, 9.17) is 9.72 Å². The number of rotatable bonds is 6. The quantitative estimate of drug-likeness (QED) is 0.123. The molecule has 0 fully saturated rings. The number of para-hydroxylation sites is 1. The number of aromatic nitrogens is 4. The Morgan fingerprint density at radius 3 is 2.17 bits per heavy atom. The van der Waals surface area contributed by atoms with E-state index >= 15 is 0 Å². The first kappa shape index (κ1) is 35.2. The minimum Gasteiger partial charge on any atom is -0.510 e. The van der Waals surface area contributed by atoms with Crippen molar-refractivity contribution in [1.82, 2.24) is 14.1 Å². The molecule has 52 heavy (non-hydrogen) atoms. The Bertz CT molecular complexity index is 2530. The number of hydrogen-bond donors (Lipinski definition) is 0. The number of fused-ring (bicyclic) bond motifs is 3. The van der Waals surface area contributed by atoms with Gasteiger partial charge in [-0.1, -0.05) is 108 Å². The number of pyridine rings is 1. The molecule has 0 aliphatic rings. The van der Waals surface area contributed by atoms with Gasteiger partial charge in [-0.05, 0) is 68.9 Å². The maximum absolute atomic E-state index is 6.49. The van der Waals surface area contributed by atoms with Crippen LogP contribution >= 0.6 is 0 Å². The van der Waals surface area contributed by atoms with Gasteiger partial charge in [-0.25, -0.2) is 4.98 Å². The molecule has 0 atom stereocenters. The van der Waals surface area contributed by atoms with Crippen LogP contribution < -0.4 is 9.30 Å². The van der Waals surface area contributed by atoms with Crippen LogP contribution in [0.1, 0.15) is 52.8 Å². The molecule has 8 rings (SSSR count). The summed E-state index contributed by atoms with van der Waals surface area (Å²) in [5, 5.41) is 2.24. The molecule has 0 saturated heterocycles. The number of benzene rings is 5. The van der Waals surface area contributed by atoms with Crippen LogP contribution in [-0.2, 0) is 31.9 Å². The molecule has 0 unspecified atom stereocenters. The molecule has 0 aliphatic carbocycles. The average Bonchev–Trinajstić information content (AvgIpc) is 3.73. The number of ether oxygens (including phenoxy) is 1. The van der Waals surface area contributed by atoms with Crippen molar-refractivity contribution >= 4 is 21.8 Å². The van der Waals surface area contributed by atoms with Gasteiger partial charge in [0.05, 0.1) is 11.4 Å². The maximum Gasteiger partial charge on any atom is 0.267 e. The molecule has 3 aromatic heterocycles. The number of hydrogen-bond acceptors (Lipinski definition) is 2. The monoisotopic (exact) mass is 859 g/mol. The summed E-state index contributed by atoms with van der Waals surface area (Å²) in [5.41, 5.74) is 8.41. The summed E-state index contributed by atoms with van der Waals surface area (Å²) in [6.45, 7) is 13.3. The third-order valence-electron chi connectivity index (χ3n) is 9.31. The largest absolute Gasteiger partial charge is 0.510 e. The molecule has 5 nitrogen and oxygen atoms in total. The van der Waals surface area contributed by atoms with Crippen molar-refractivity contribution in [3.05, 3.63) is 163 Å². The van der Waals surface area contributed by atoms with Crippen LogP contribution in [0, 0.1) is 18.5 Å². The first-order valence-electron chi connectivity index (χ1n) is 17.4. The molecule has 6 heteroatoms. The van der Waals surface area contributed by atoms with Crippen LogP contribution in [0.2, 0.25) is 0 Å². The van der Waals surface area contributed by atoms with Gasteiger partial charge in [-0.2, -0.15) is 18.2 Å². The van der Waals surface area contributed by atoms with Crippen molar-refractivity contribution in [2.75, 3.05) is 0 Å². The zero-order chi connectivity index (χ0) is 35.3. The van der Waals surface area contributed by atoms with Crippen LogP contribution in [0.4, 0.5) is 0 Å². The van der Waals surface area contributed by atoms with E-state index in [1.807, 2.05) is 41.1 Å². The molecule has 3 heterocycles.